The van der Waals surface area contributed by atoms with E-state index in [9.17, 15) is 4.79 Å². The minimum absolute atomic E-state index is 0.00681. The van der Waals surface area contributed by atoms with Crippen molar-refractivity contribution in [2.24, 2.45) is 0 Å². The van der Waals surface area contributed by atoms with Gasteiger partial charge in [-0.15, -0.1) is 0 Å². The van der Waals surface area contributed by atoms with Crippen molar-refractivity contribution in [2.45, 2.75) is 57.3 Å². The zero-order valence-corrected chi connectivity index (χ0v) is 15.4. The van der Waals surface area contributed by atoms with Crippen molar-refractivity contribution in [1.29, 1.82) is 0 Å². The van der Waals surface area contributed by atoms with Gasteiger partial charge in [0.2, 0.25) is 0 Å². The highest BCUT2D eigenvalue weighted by Crippen LogP contribution is 2.36. The minimum Gasteiger partial charge on any atom is -0.446 e. The van der Waals surface area contributed by atoms with Crippen LogP contribution in [-0.2, 0) is 16.1 Å². The number of pyridine rings is 1. The molecule has 27 heavy (non-hydrogen) atoms. The molecule has 1 aliphatic carbocycles. The number of nitrogens with one attached hydrogen (secondary N) is 3. The second kappa shape index (κ2) is 7.96. The van der Waals surface area contributed by atoms with Gasteiger partial charge in [0.15, 0.2) is 5.82 Å². The summed E-state index contributed by atoms with van der Waals surface area (Å²) in [6.07, 6.45) is 2.96. The summed E-state index contributed by atoms with van der Waals surface area (Å²) in [5, 5.41) is 13.5. The Morgan fingerprint density at radius 1 is 1.19 bits per heavy atom. The van der Waals surface area contributed by atoms with E-state index in [1.165, 1.54) is 0 Å². The number of hydrogen-bond acceptors (Lipinski definition) is 6. The highest BCUT2D eigenvalue weighted by atomic mass is 16.6. The third kappa shape index (κ3) is 4.57. The molecule has 2 aliphatic rings. The maximum Gasteiger partial charge on any atom is 0.407 e. The maximum atomic E-state index is 12.0. The zero-order chi connectivity index (χ0) is 18.6. The third-order valence-corrected chi connectivity index (χ3v) is 5.09. The van der Waals surface area contributed by atoms with Crippen LogP contribution in [0.3, 0.4) is 0 Å². The van der Waals surface area contributed by atoms with Crippen molar-refractivity contribution in [1.82, 2.24) is 20.5 Å². The van der Waals surface area contributed by atoms with E-state index >= 15 is 0 Å². The van der Waals surface area contributed by atoms with Crippen LogP contribution in [0.15, 0.2) is 24.3 Å². The monoisotopic (exact) mass is 371 g/mol. The molecule has 3 heterocycles. The molecule has 1 amide bonds. The first-order chi connectivity index (χ1) is 13.2. The Kier molecular flexibility index (Phi) is 5.24. The Labute approximate surface area is 158 Å². The fraction of sp³-hybridized carbons (Fsp3) is 0.526. The van der Waals surface area contributed by atoms with Crippen molar-refractivity contribution < 1.29 is 14.3 Å². The molecule has 4 rings (SSSR count). The van der Waals surface area contributed by atoms with Gasteiger partial charge in [-0.2, -0.15) is 5.10 Å². The number of carbonyl (C=O) groups excluding carboxylic acids is 1. The van der Waals surface area contributed by atoms with Gasteiger partial charge in [0.05, 0.1) is 18.4 Å². The van der Waals surface area contributed by atoms with Crippen LogP contribution >= 0.6 is 0 Å². The lowest BCUT2D eigenvalue weighted by Crippen LogP contribution is -2.30. The lowest BCUT2D eigenvalue weighted by molar-refractivity contribution is 0.0449. The van der Waals surface area contributed by atoms with Crippen LogP contribution in [-0.4, -0.2) is 40.0 Å². The smallest absolute Gasteiger partial charge is 0.407 e. The number of nitrogens with zero attached hydrogens (tertiary/aromatic N) is 2. The molecule has 1 saturated carbocycles. The van der Waals surface area contributed by atoms with Crippen LogP contribution in [0.25, 0.3) is 0 Å². The molecule has 2 aromatic heterocycles. The molecule has 2 aromatic rings. The Balaban J connectivity index is 1.53. The summed E-state index contributed by atoms with van der Waals surface area (Å²) in [5.41, 5.74) is 1.90. The molecule has 3 atom stereocenters. The van der Waals surface area contributed by atoms with Crippen molar-refractivity contribution in [3.63, 3.8) is 0 Å². The van der Waals surface area contributed by atoms with Crippen LogP contribution in [0.1, 0.15) is 49.9 Å². The van der Waals surface area contributed by atoms with E-state index in [0.717, 1.165) is 42.3 Å². The van der Waals surface area contributed by atoms with Crippen molar-refractivity contribution in [3.05, 3.63) is 35.7 Å². The number of aromatic nitrogens is 3. The van der Waals surface area contributed by atoms with E-state index in [4.69, 9.17) is 9.47 Å². The van der Waals surface area contributed by atoms with Gasteiger partial charge in [0.25, 0.3) is 0 Å². The van der Waals surface area contributed by atoms with Gasteiger partial charge < -0.3 is 20.1 Å². The van der Waals surface area contributed by atoms with Crippen LogP contribution in [0.2, 0.25) is 0 Å². The number of ether oxygens (including phenoxy) is 2. The van der Waals surface area contributed by atoms with Gasteiger partial charge in [0, 0.05) is 24.2 Å². The van der Waals surface area contributed by atoms with E-state index in [0.29, 0.717) is 25.5 Å². The van der Waals surface area contributed by atoms with Gasteiger partial charge in [-0.05, 0) is 44.7 Å². The highest BCUT2D eigenvalue weighted by Gasteiger charge is 2.30. The SMILES string of the molecule is C[C@H]1CCNC(=O)O[C@@H]2CC[C@@H](C2)c2cc(n[nH]2)Nc2cccc(n2)CO1. The van der Waals surface area contributed by atoms with Crippen LogP contribution in [0.5, 0.6) is 0 Å². The Morgan fingerprint density at radius 2 is 2.11 bits per heavy atom. The molecule has 6 bridgehead atoms. The Bertz CT molecular complexity index is 793. The van der Waals surface area contributed by atoms with E-state index in [1.807, 2.05) is 31.2 Å². The zero-order valence-electron chi connectivity index (χ0n) is 15.4. The Morgan fingerprint density at radius 3 is 3.04 bits per heavy atom. The average Bonchev–Trinajstić information content (AvgIpc) is 3.29. The Hall–Kier alpha value is -2.61. The summed E-state index contributed by atoms with van der Waals surface area (Å²) in [4.78, 5) is 16.6. The first kappa shape index (κ1) is 17.8. The van der Waals surface area contributed by atoms with Gasteiger partial charge >= 0.3 is 6.09 Å². The predicted molar refractivity (Wildman–Crippen MR) is 99.8 cm³/mol. The largest absolute Gasteiger partial charge is 0.446 e. The number of H-pyrrole nitrogens is 1. The molecular formula is C19H25N5O3. The quantitative estimate of drug-likeness (QED) is 0.657. The lowest BCUT2D eigenvalue weighted by atomic mass is 10.0. The first-order valence-electron chi connectivity index (χ1n) is 9.50. The fourth-order valence-corrected chi connectivity index (χ4v) is 3.58. The molecule has 8 heteroatoms. The number of carbonyl (C=O) groups is 1. The normalized spacial score (nSPS) is 26.3. The lowest BCUT2D eigenvalue weighted by Gasteiger charge is -2.16. The minimum atomic E-state index is -0.352. The molecule has 0 radical (unpaired) electrons. The predicted octanol–water partition coefficient (Wildman–Crippen LogP) is 3.22. The molecule has 0 saturated heterocycles. The molecule has 8 nitrogen and oxygen atoms in total. The molecular weight excluding hydrogens is 346 g/mol. The summed E-state index contributed by atoms with van der Waals surface area (Å²) in [6.45, 7) is 2.92. The summed E-state index contributed by atoms with van der Waals surface area (Å²) >= 11 is 0. The standard InChI is InChI=1S/C19H25N5O3/c1-12-7-8-20-19(25)27-15-6-5-13(9-15)16-10-18(24-23-16)22-17-4-2-3-14(21-17)11-26-12/h2-4,10,12-13,15H,5-9,11H2,1H3,(H,20,25)(H2,21,22,23,24)/t12-,13-,15+/m0/s1. The van der Waals surface area contributed by atoms with Crippen LogP contribution in [0.4, 0.5) is 16.4 Å². The number of alkyl carbamates (subject to hydrolysis) is 1. The molecule has 3 N–H and O–H groups in total. The second-order valence-electron chi connectivity index (χ2n) is 7.22. The topological polar surface area (TPSA) is 101 Å². The number of fused-ring (bicyclic) bond motifs is 7. The van der Waals surface area contributed by atoms with Gasteiger partial charge in [-0.1, -0.05) is 6.07 Å². The molecule has 1 aliphatic heterocycles. The van der Waals surface area contributed by atoms with Crippen LogP contribution in [0, 0.1) is 0 Å². The van der Waals surface area contributed by atoms with Gasteiger partial charge in [-0.25, -0.2) is 9.78 Å². The van der Waals surface area contributed by atoms with Crippen molar-refractivity contribution >= 4 is 17.7 Å². The number of aromatic amines is 1. The maximum absolute atomic E-state index is 12.0. The van der Waals surface area contributed by atoms with Crippen LogP contribution < -0.4 is 10.6 Å². The molecule has 0 spiro atoms. The van der Waals surface area contributed by atoms with Gasteiger partial charge in [-0.3, -0.25) is 5.10 Å². The average molecular weight is 371 g/mol. The molecule has 144 valence electrons. The molecule has 0 unspecified atom stereocenters. The summed E-state index contributed by atoms with van der Waals surface area (Å²) in [7, 11) is 0. The number of anilines is 2. The van der Waals surface area contributed by atoms with Gasteiger partial charge in [0.1, 0.15) is 11.9 Å². The number of rotatable bonds is 0. The second-order valence-corrected chi connectivity index (χ2v) is 7.22. The fourth-order valence-electron chi connectivity index (χ4n) is 3.58. The van der Waals surface area contributed by atoms with E-state index in [1.54, 1.807) is 0 Å². The van der Waals surface area contributed by atoms with Crippen molar-refractivity contribution in [3.8, 4) is 0 Å². The van der Waals surface area contributed by atoms with Crippen molar-refractivity contribution in [2.75, 3.05) is 11.9 Å². The van der Waals surface area contributed by atoms with E-state index in [-0.39, 0.29) is 18.3 Å². The summed E-state index contributed by atoms with van der Waals surface area (Å²) < 4.78 is 11.4. The van der Waals surface area contributed by atoms with E-state index in [2.05, 4.69) is 25.8 Å². The van der Waals surface area contributed by atoms with E-state index < -0.39 is 0 Å². The molecule has 1 fully saturated rings. The molecule has 0 aromatic carbocycles. The summed E-state index contributed by atoms with van der Waals surface area (Å²) in [6, 6.07) is 7.79. The third-order valence-electron chi connectivity index (χ3n) is 5.09. The highest BCUT2D eigenvalue weighted by molar-refractivity contribution is 5.67. The number of amides is 1. The summed E-state index contributed by atoms with van der Waals surface area (Å²) in [5.74, 6) is 1.78. The first-order valence-corrected chi connectivity index (χ1v) is 9.50. The number of hydrogen-bond donors (Lipinski definition) is 3.